The lowest BCUT2D eigenvalue weighted by molar-refractivity contribution is -0.0497. The van der Waals surface area contributed by atoms with Gasteiger partial charge in [0, 0.05) is 19.2 Å². The lowest BCUT2D eigenvalue weighted by atomic mass is 10.1. The zero-order chi connectivity index (χ0) is 9.80. The van der Waals surface area contributed by atoms with Crippen LogP contribution in [-0.4, -0.2) is 50.0 Å². The van der Waals surface area contributed by atoms with Crippen LogP contribution in [0.25, 0.3) is 0 Å². The van der Waals surface area contributed by atoms with Gasteiger partial charge in [-0.15, -0.1) is 0 Å². The fraction of sp³-hybridized carbons (Fsp3) is 0.900. The Kier molecular flexibility index (Phi) is 3.35. The van der Waals surface area contributed by atoms with Gasteiger partial charge in [-0.1, -0.05) is 0 Å². The van der Waals surface area contributed by atoms with Gasteiger partial charge in [-0.05, 0) is 12.8 Å². The number of ether oxygens (including phenoxy) is 2. The summed E-state index contributed by atoms with van der Waals surface area (Å²) in [5, 5.41) is 8.98. The van der Waals surface area contributed by atoms with Crippen LogP contribution >= 0.6 is 0 Å². The molecule has 4 heteroatoms. The quantitative estimate of drug-likeness (QED) is 0.608. The number of hydrogen-bond acceptors (Lipinski definition) is 4. The Bertz CT molecular complexity index is 221. The molecule has 78 valence electrons. The van der Waals surface area contributed by atoms with Crippen molar-refractivity contribution in [1.29, 1.82) is 5.26 Å². The minimum atomic E-state index is -0.0737. The molecule has 2 rings (SSSR count). The third-order valence-electron chi connectivity index (χ3n) is 2.92. The van der Waals surface area contributed by atoms with Gasteiger partial charge >= 0.3 is 0 Å². The van der Waals surface area contributed by atoms with Crippen LogP contribution in [0, 0.1) is 11.3 Å². The standard InChI is InChI=1S/C10H16N2O2/c11-6-10-8-14-5-3-12(10)9-2-1-4-13-7-9/h9-10H,1-5,7-8H2. The molecule has 4 nitrogen and oxygen atoms in total. The van der Waals surface area contributed by atoms with E-state index in [2.05, 4.69) is 11.0 Å². The summed E-state index contributed by atoms with van der Waals surface area (Å²) < 4.78 is 10.7. The predicted octanol–water partition coefficient (Wildman–Crippen LogP) is 0.390. The van der Waals surface area contributed by atoms with Crippen molar-refractivity contribution in [1.82, 2.24) is 4.90 Å². The number of hydrogen-bond donors (Lipinski definition) is 0. The average Bonchev–Trinajstić information content (AvgIpc) is 2.30. The summed E-state index contributed by atoms with van der Waals surface area (Å²) in [6, 6.07) is 2.65. The molecule has 0 radical (unpaired) electrons. The molecule has 0 aromatic rings. The Morgan fingerprint density at radius 3 is 2.79 bits per heavy atom. The molecule has 14 heavy (non-hydrogen) atoms. The maximum absolute atomic E-state index is 8.98. The van der Waals surface area contributed by atoms with Crippen molar-refractivity contribution in [2.45, 2.75) is 24.9 Å². The van der Waals surface area contributed by atoms with Crippen LogP contribution in [0.15, 0.2) is 0 Å². The topological polar surface area (TPSA) is 45.5 Å². The van der Waals surface area contributed by atoms with E-state index in [0.29, 0.717) is 12.6 Å². The van der Waals surface area contributed by atoms with Crippen molar-refractivity contribution in [3.63, 3.8) is 0 Å². The normalized spacial score (nSPS) is 35.1. The largest absolute Gasteiger partial charge is 0.380 e. The van der Waals surface area contributed by atoms with Crippen molar-refractivity contribution in [2.24, 2.45) is 0 Å². The molecule has 0 aromatic carbocycles. The third-order valence-corrected chi connectivity index (χ3v) is 2.92. The molecule has 2 fully saturated rings. The Balaban J connectivity index is 1.95. The van der Waals surface area contributed by atoms with Gasteiger partial charge in [-0.25, -0.2) is 0 Å². The first-order valence-electron chi connectivity index (χ1n) is 5.22. The molecule has 2 saturated heterocycles. The van der Waals surface area contributed by atoms with Gasteiger partial charge in [0.15, 0.2) is 0 Å². The van der Waals surface area contributed by atoms with E-state index in [1.54, 1.807) is 0 Å². The smallest absolute Gasteiger partial charge is 0.122 e. The molecule has 0 saturated carbocycles. The van der Waals surface area contributed by atoms with E-state index < -0.39 is 0 Å². The Labute approximate surface area is 84.4 Å². The van der Waals surface area contributed by atoms with E-state index in [4.69, 9.17) is 14.7 Å². The fourth-order valence-corrected chi connectivity index (χ4v) is 2.15. The second-order valence-electron chi connectivity index (χ2n) is 3.83. The van der Waals surface area contributed by atoms with Crippen molar-refractivity contribution >= 4 is 0 Å². The molecule has 0 aromatic heterocycles. The first-order valence-corrected chi connectivity index (χ1v) is 5.22. The van der Waals surface area contributed by atoms with Gasteiger partial charge in [0.05, 0.1) is 25.9 Å². The lowest BCUT2D eigenvalue weighted by Crippen LogP contribution is -2.52. The molecule has 0 spiro atoms. The summed E-state index contributed by atoms with van der Waals surface area (Å²) in [5.41, 5.74) is 0. The SMILES string of the molecule is N#CC1COCCN1C1CCCOC1. The van der Waals surface area contributed by atoms with Crippen LogP contribution in [0.4, 0.5) is 0 Å². The highest BCUT2D eigenvalue weighted by molar-refractivity contribution is 4.96. The second kappa shape index (κ2) is 4.74. The molecule has 2 aliphatic heterocycles. The highest BCUT2D eigenvalue weighted by atomic mass is 16.5. The number of nitriles is 1. The van der Waals surface area contributed by atoms with Gasteiger partial charge in [0.25, 0.3) is 0 Å². The molecule has 2 aliphatic rings. The molecule has 2 unspecified atom stereocenters. The van der Waals surface area contributed by atoms with Crippen molar-refractivity contribution in [3.8, 4) is 6.07 Å². The fourth-order valence-electron chi connectivity index (χ4n) is 2.15. The van der Waals surface area contributed by atoms with Gasteiger partial charge in [0.2, 0.25) is 0 Å². The first-order chi connectivity index (χ1) is 6.92. The summed E-state index contributed by atoms with van der Waals surface area (Å²) in [6.07, 6.45) is 2.26. The van der Waals surface area contributed by atoms with E-state index >= 15 is 0 Å². The molecule has 0 amide bonds. The average molecular weight is 196 g/mol. The number of rotatable bonds is 1. The van der Waals surface area contributed by atoms with Crippen molar-refractivity contribution in [2.75, 3.05) is 33.0 Å². The van der Waals surface area contributed by atoms with E-state index in [-0.39, 0.29) is 6.04 Å². The Morgan fingerprint density at radius 1 is 1.21 bits per heavy atom. The van der Waals surface area contributed by atoms with Crippen LogP contribution in [0.1, 0.15) is 12.8 Å². The zero-order valence-corrected chi connectivity index (χ0v) is 8.32. The summed E-state index contributed by atoms with van der Waals surface area (Å²) in [4.78, 5) is 2.24. The molecule has 0 aliphatic carbocycles. The van der Waals surface area contributed by atoms with Crippen molar-refractivity contribution in [3.05, 3.63) is 0 Å². The zero-order valence-electron chi connectivity index (χ0n) is 8.32. The lowest BCUT2D eigenvalue weighted by Gasteiger charge is -2.39. The van der Waals surface area contributed by atoms with Gasteiger partial charge in [0.1, 0.15) is 6.04 Å². The molecular weight excluding hydrogens is 180 g/mol. The van der Waals surface area contributed by atoms with Gasteiger partial charge in [-0.2, -0.15) is 5.26 Å². The first kappa shape index (κ1) is 9.91. The molecular formula is C10H16N2O2. The van der Waals surface area contributed by atoms with E-state index in [1.165, 1.54) is 0 Å². The minimum Gasteiger partial charge on any atom is -0.380 e. The van der Waals surface area contributed by atoms with Crippen LogP contribution < -0.4 is 0 Å². The highest BCUT2D eigenvalue weighted by Crippen LogP contribution is 2.18. The monoisotopic (exact) mass is 196 g/mol. The molecule has 0 N–H and O–H groups in total. The Hall–Kier alpha value is -0.630. The minimum absolute atomic E-state index is 0.0737. The van der Waals surface area contributed by atoms with Crippen LogP contribution in [0.3, 0.4) is 0 Å². The second-order valence-corrected chi connectivity index (χ2v) is 3.83. The van der Waals surface area contributed by atoms with Crippen molar-refractivity contribution < 1.29 is 9.47 Å². The summed E-state index contributed by atoms with van der Waals surface area (Å²) in [7, 11) is 0. The Morgan fingerprint density at radius 2 is 2.07 bits per heavy atom. The van der Waals surface area contributed by atoms with Crippen LogP contribution in [-0.2, 0) is 9.47 Å². The summed E-state index contributed by atoms with van der Waals surface area (Å²) >= 11 is 0. The molecule has 2 heterocycles. The highest BCUT2D eigenvalue weighted by Gasteiger charge is 2.30. The number of morpholine rings is 1. The maximum atomic E-state index is 8.98. The number of nitrogens with zero attached hydrogens (tertiary/aromatic N) is 2. The van der Waals surface area contributed by atoms with Crippen LogP contribution in [0.2, 0.25) is 0 Å². The molecule has 2 atom stereocenters. The molecule has 0 bridgehead atoms. The maximum Gasteiger partial charge on any atom is 0.122 e. The van der Waals surface area contributed by atoms with E-state index in [1.807, 2.05) is 0 Å². The summed E-state index contributed by atoms with van der Waals surface area (Å²) in [6.45, 7) is 3.81. The summed E-state index contributed by atoms with van der Waals surface area (Å²) in [5.74, 6) is 0. The van der Waals surface area contributed by atoms with Gasteiger partial charge in [-0.3, -0.25) is 4.90 Å². The predicted molar refractivity (Wildman–Crippen MR) is 50.8 cm³/mol. The third kappa shape index (κ3) is 2.06. The van der Waals surface area contributed by atoms with Gasteiger partial charge < -0.3 is 9.47 Å². The van der Waals surface area contributed by atoms with E-state index in [9.17, 15) is 0 Å². The van der Waals surface area contributed by atoms with E-state index in [0.717, 1.165) is 39.2 Å². The van der Waals surface area contributed by atoms with Crippen LogP contribution in [0.5, 0.6) is 0 Å².